The first-order valence-electron chi connectivity index (χ1n) is 12.8. The summed E-state index contributed by atoms with van der Waals surface area (Å²) < 4.78 is 94.6. The number of aromatic nitrogens is 1. The van der Waals surface area contributed by atoms with Gasteiger partial charge >= 0.3 is 6.18 Å². The van der Waals surface area contributed by atoms with E-state index in [0.29, 0.717) is 18.5 Å². The van der Waals surface area contributed by atoms with Gasteiger partial charge in [-0.2, -0.15) is 17.5 Å². The number of aryl methyl sites for hydroxylation is 1. The molecular weight excluding hydrogens is 543 g/mol. The molecule has 2 aromatic rings. The number of hydrogen-bond acceptors (Lipinski definition) is 5. The number of carbonyl (C=O) groups excluding carboxylic acids is 1. The molecule has 1 aromatic heterocycles. The second-order valence-corrected chi connectivity index (χ2v) is 12.5. The number of carbonyl (C=O) groups is 1. The van der Waals surface area contributed by atoms with Gasteiger partial charge in [0.1, 0.15) is 18.0 Å². The molecule has 1 amide bonds. The number of fused-ring (bicyclic) bond motifs is 2. The lowest BCUT2D eigenvalue weighted by Crippen LogP contribution is -2.47. The van der Waals surface area contributed by atoms with Gasteiger partial charge in [-0.15, -0.1) is 0 Å². The van der Waals surface area contributed by atoms with Crippen molar-refractivity contribution >= 4 is 21.6 Å². The zero-order valence-electron chi connectivity index (χ0n) is 21.2. The first-order valence-corrected chi connectivity index (χ1v) is 14.3. The summed E-state index contributed by atoms with van der Waals surface area (Å²) in [6.45, 7) is 1.26. The Hall–Kier alpha value is -2.80. The van der Waals surface area contributed by atoms with E-state index in [1.165, 1.54) is 0 Å². The summed E-state index contributed by atoms with van der Waals surface area (Å²) in [4.78, 5) is 19.2. The first kappa shape index (κ1) is 27.8. The number of piperidine rings is 1. The first-order chi connectivity index (χ1) is 18.3. The predicted octanol–water partition coefficient (Wildman–Crippen LogP) is 4.26. The maximum Gasteiger partial charge on any atom is 0.391 e. The molecular formula is C26H29F5N4O3S. The van der Waals surface area contributed by atoms with Gasteiger partial charge in [-0.25, -0.2) is 17.2 Å². The normalized spacial score (nSPS) is 27.6. The Balaban J connectivity index is 1.29. The number of alkyl halides is 4. The quantitative estimate of drug-likeness (QED) is 0.524. The topological polar surface area (TPSA) is 82.6 Å². The molecule has 3 aliphatic rings. The molecule has 1 N–H and O–H groups in total. The van der Waals surface area contributed by atoms with Crippen LogP contribution in [0.3, 0.4) is 0 Å². The van der Waals surface area contributed by atoms with Crippen LogP contribution in [0, 0.1) is 18.7 Å². The van der Waals surface area contributed by atoms with Crippen molar-refractivity contribution in [1.29, 1.82) is 0 Å². The lowest BCUT2D eigenvalue weighted by atomic mass is 9.89. The zero-order valence-corrected chi connectivity index (χ0v) is 22.0. The maximum atomic E-state index is 14.3. The van der Waals surface area contributed by atoms with Gasteiger partial charge in [0.2, 0.25) is 15.9 Å². The standard InChI is InChI=1S/C26H29F5N4O3S/c1-15-12-32-19(11-23(15)35-20-4-5-21(35)9-16(8-20)26(29,30)31)13-33-25(36)24-10-18(28)14-34(24)39(37,38)22-6-2-17(27)3-7-22/h2-3,6-7,11-12,16,18,20-21,24H,4-5,8-10,13-14H2,1H3,(H,33,36)/t16?,18-,20?,21?,24+/m1/s1. The molecule has 0 spiro atoms. The molecule has 0 radical (unpaired) electrons. The van der Waals surface area contributed by atoms with Crippen LogP contribution in [0.4, 0.5) is 27.6 Å². The minimum Gasteiger partial charge on any atom is -0.365 e. The SMILES string of the molecule is Cc1cnc(CNC(=O)[C@@H]2C[C@@H](F)CN2S(=O)(=O)c2ccc(F)cc2)cc1N1C2CCC1CC(C(F)(F)F)C2. The van der Waals surface area contributed by atoms with Gasteiger partial charge in [0, 0.05) is 36.9 Å². The lowest BCUT2D eigenvalue weighted by molar-refractivity contribution is -0.182. The van der Waals surface area contributed by atoms with Crippen LogP contribution in [-0.2, 0) is 21.4 Å². The van der Waals surface area contributed by atoms with Gasteiger partial charge in [-0.05, 0) is 68.5 Å². The number of pyridine rings is 1. The van der Waals surface area contributed by atoms with Gasteiger partial charge in [0.15, 0.2) is 0 Å². The largest absolute Gasteiger partial charge is 0.391 e. The summed E-state index contributed by atoms with van der Waals surface area (Å²) in [7, 11) is -4.25. The van der Waals surface area contributed by atoms with Crippen molar-refractivity contribution in [3.63, 3.8) is 0 Å². The molecule has 4 atom stereocenters. The van der Waals surface area contributed by atoms with Gasteiger partial charge < -0.3 is 10.2 Å². The molecule has 7 nitrogen and oxygen atoms in total. The summed E-state index contributed by atoms with van der Waals surface area (Å²) in [5, 5.41) is 2.64. The number of nitrogens with zero attached hydrogens (tertiary/aromatic N) is 3. The van der Waals surface area contributed by atoms with E-state index in [1.807, 2.05) is 11.8 Å². The van der Waals surface area contributed by atoms with Gasteiger partial charge in [-0.3, -0.25) is 9.78 Å². The van der Waals surface area contributed by atoms with Gasteiger partial charge in [0.05, 0.1) is 23.1 Å². The van der Waals surface area contributed by atoms with E-state index in [4.69, 9.17) is 0 Å². The van der Waals surface area contributed by atoms with E-state index < -0.39 is 52.6 Å². The Labute approximate surface area is 223 Å². The third kappa shape index (κ3) is 5.47. The summed E-state index contributed by atoms with van der Waals surface area (Å²) in [6, 6.07) is 4.06. The van der Waals surface area contributed by atoms with Crippen molar-refractivity contribution in [1.82, 2.24) is 14.6 Å². The Morgan fingerprint density at radius 2 is 1.74 bits per heavy atom. The third-order valence-corrected chi connectivity index (χ3v) is 9.87. The van der Waals surface area contributed by atoms with Crippen molar-refractivity contribution < 1.29 is 35.2 Å². The highest BCUT2D eigenvalue weighted by atomic mass is 32.2. The van der Waals surface area contributed by atoms with Crippen LogP contribution in [0.2, 0.25) is 0 Å². The summed E-state index contributed by atoms with van der Waals surface area (Å²) in [5.74, 6) is -2.64. The maximum absolute atomic E-state index is 14.3. The second kappa shape index (κ2) is 10.3. The van der Waals surface area contributed by atoms with Gasteiger partial charge in [0.25, 0.3) is 0 Å². The van der Waals surface area contributed by atoms with Crippen LogP contribution in [0.25, 0.3) is 0 Å². The molecule has 2 bridgehead atoms. The molecule has 4 heterocycles. The summed E-state index contributed by atoms with van der Waals surface area (Å²) >= 11 is 0. The average Bonchev–Trinajstić information content (AvgIpc) is 3.39. The highest BCUT2D eigenvalue weighted by Crippen LogP contribution is 2.47. The fourth-order valence-corrected chi connectivity index (χ4v) is 7.69. The molecule has 3 fully saturated rings. The Morgan fingerprint density at radius 1 is 1.10 bits per heavy atom. The molecule has 1 aromatic carbocycles. The molecule has 13 heteroatoms. The zero-order chi connectivity index (χ0) is 28.1. The smallest absolute Gasteiger partial charge is 0.365 e. The Bertz CT molecular complexity index is 1320. The summed E-state index contributed by atoms with van der Waals surface area (Å²) in [5.41, 5.74) is 2.02. The minimum atomic E-state index is -4.25. The number of hydrogen-bond donors (Lipinski definition) is 1. The number of benzene rings is 1. The monoisotopic (exact) mass is 572 g/mol. The van der Waals surface area contributed by atoms with E-state index in [0.717, 1.165) is 39.8 Å². The van der Waals surface area contributed by atoms with E-state index in [-0.39, 0.29) is 42.8 Å². The fourth-order valence-electron chi connectivity index (χ4n) is 6.07. The van der Waals surface area contributed by atoms with Crippen molar-refractivity contribution in [2.45, 2.75) is 80.9 Å². The van der Waals surface area contributed by atoms with E-state index >= 15 is 0 Å². The fraction of sp³-hybridized carbons (Fsp3) is 0.538. The second-order valence-electron chi connectivity index (χ2n) is 10.6. The van der Waals surface area contributed by atoms with Crippen molar-refractivity contribution in [3.8, 4) is 0 Å². The molecule has 212 valence electrons. The average molecular weight is 573 g/mol. The van der Waals surface area contributed by atoms with Crippen LogP contribution in [0.15, 0.2) is 41.4 Å². The van der Waals surface area contributed by atoms with E-state index in [9.17, 15) is 35.2 Å². The molecule has 39 heavy (non-hydrogen) atoms. The Morgan fingerprint density at radius 3 is 2.36 bits per heavy atom. The molecule has 0 saturated carbocycles. The van der Waals surface area contributed by atoms with Gasteiger partial charge in [-0.1, -0.05) is 0 Å². The molecule has 2 unspecified atom stereocenters. The predicted molar refractivity (Wildman–Crippen MR) is 132 cm³/mol. The molecule has 0 aliphatic carbocycles. The lowest BCUT2D eigenvalue weighted by Gasteiger charge is -2.41. The minimum absolute atomic E-state index is 0.0400. The molecule has 3 aliphatic heterocycles. The molecule has 3 saturated heterocycles. The van der Waals surface area contributed by atoms with Crippen LogP contribution < -0.4 is 10.2 Å². The number of amides is 1. The van der Waals surface area contributed by atoms with E-state index in [1.54, 1.807) is 12.3 Å². The number of rotatable bonds is 6. The summed E-state index contributed by atoms with van der Waals surface area (Å²) in [6.07, 6.45) is -3.05. The highest BCUT2D eigenvalue weighted by Gasteiger charge is 2.50. The van der Waals surface area contributed by atoms with Crippen molar-refractivity contribution in [3.05, 3.63) is 53.6 Å². The number of sulfonamides is 1. The van der Waals surface area contributed by atoms with Crippen molar-refractivity contribution in [2.24, 2.45) is 5.92 Å². The number of halogens is 5. The number of nitrogens with one attached hydrogen (secondary N) is 1. The van der Waals surface area contributed by atoms with Crippen LogP contribution in [-0.4, -0.2) is 60.6 Å². The van der Waals surface area contributed by atoms with Crippen molar-refractivity contribution in [2.75, 3.05) is 11.4 Å². The van der Waals surface area contributed by atoms with Crippen LogP contribution >= 0.6 is 0 Å². The number of anilines is 1. The Kier molecular flexibility index (Phi) is 7.34. The van der Waals surface area contributed by atoms with Crippen LogP contribution in [0.1, 0.15) is 43.4 Å². The van der Waals surface area contributed by atoms with E-state index in [2.05, 4.69) is 10.3 Å². The highest BCUT2D eigenvalue weighted by molar-refractivity contribution is 7.89. The molecule has 5 rings (SSSR count). The van der Waals surface area contributed by atoms with Crippen LogP contribution in [0.5, 0.6) is 0 Å². The third-order valence-electron chi connectivity index (χ3n) is 7.98.